The third-order valence-electron chi connectivity index (χ3n) is 5.75. The number of carbonyl (C=O) groups is 2. The minimum atomic E-state index is -0.546. The van der Waals surface area contributed by atoms with Gasteiger partial charge in [-0.1, -0.05) is 72.9 Å². The van der Waals surface area contributed by atoms with Gasteiger partial charge in [-0.25, -0.2) is 14.0 Å². The molecule has 0 heterocycles. The molecular formula is C38H25FO4. The summed E-state index contributed by atoms with van der Waals surface area (Å²) in [7, 11) is 0. The number of benzene rings is 4. The normalized spacial score (nSPS) is 9.56. The third-order valence-corrected chi connectivity index (χ3v) is 5.75. The first kappa shape index (κ1) is 29.9. The second-order valence-corrected chi connectivity index (χ2v) is 9.35. The van der Waals surface area contributed by atoms with E-state index in [-0.39, 0.29) is 11.1 Å². The van der Waals surface area contributed by atoms with Crippen molar-refractivity contribution in [2.75, 3.05) is 0 Å². The molecule has 0 unspecified atom stereocenters. The molecule has 0 N–H and O–H groups in total. The van der Waals surface area contributed by atoms with Crippen LogP contribution in [0.1, 0.15) is 47.2 Å². The van der Waals surface area contributed by atoms with Gasteiger partial charge in [0.1, 0.15) is 17.3 Å². The molecule has 0 aliphatic rings. The van der Waals surface area contributed by atoms with Crippen molar-refractivity contribution in [1.82, 2.24) is 0 Å². The number of rotatable bonds is 4. The van der Waals surface area contributed by atoms with E-state index < -0.39 is 17.8 Å². The predicted molar refractivity (Wildman–Crippen MR) is 165 cm³/mol. The SMILES string of the molecule is C=C(C)C(=O)Oc1ccccc1C#Cc1ccc(C#Cc2ccc(C#Cc3ccccc3OC(=O)C(=C)C)cc2F)cc1. The van der Waals surface area contributed by atoms with Gasteiger partial charge in [0.05, 0.1) is 16.7 Å². The van der Waals surface area contributed by atoms with Crippen LogP contribution in [0.5, 0.6) is 11.5 Å². The lowest BCUT2D eigenvalue weighted by Gasteiger charge is -2.05. The summed E-state index contributed by atoms with van der Waals surface area (Å²) >= 11 is 0. The highest BCUT2D eigenvalue weighted by molar-refractivity contribution is 5.89. The van der Waals surface area contributed by atoms with Crippen LogP contribution in [0.25, 0.3) is 0 Å². The Morgan fingerprint density at radius 1 is 0.558 bits per heavy atom. The number of hydrogen-bond donors (Lipinski definition) is 0. The summed E-state index contributed by atoms with van der Waals surface area (Å²) in [6.45, 7) is 10.3. The minimum Gasteiger partial charge on any atom is -0.422 e. The summed E-state index contributed by atoms with van der Waals surface area (Å²) in [5.74, 6) is 16.8. The Hall–Kier alpha value is -6.09. The molecule has 0 saturated heterocycles. The largest absolute Gasteiger partial charge is 0.422 e. The van der Waals surface area contributed by atoms with Crippen LogP contribution in [-0.4, -0.2) is 11.9 Å². The van der Waals surface area contributed by atoms with Gasteiger partial charge in [-0.2, -0.15) is 0 Å². The van der Waals surface area contributed by atoms with Gasteiger partial charge in [0.15, 0.2) is 0 Å². The van der Waals surface area contributed by atoms with Crippen molar-refractivity contribution in [3.63, 3.8) is 0 Å². The van der Waals surface area contributed by atoms with Crippen molar-refractivity contribution in [2.24, 2.45) is 0 Å². The molecule has 208 valence electrons. The van der Waals surface area contributed by atoms with Crippen LogP contribution in [0.3, 0.4) is 0 Å². The fourth-order valence-electron chi connectivity index (χ4n) is 3.44. The first-order valence-corrected chi connectivity index (χ1v) is 13.1. The maximum atomic E-state index is 14.8. The smallest absolute Gasteiger partial charge is 0.338 e. The second kappa shape index (κ2) is 14.0. The van der Waals surface area contributed by atoms with E-state index in [9.17, 15) is 14.0 Å². The molecule has 0 fully saturated rings. The standard InChI is InChI=1S/C38H25FO4/c1-26(2)37(40)42-35-11-7-5-9-32(35)23-18-29-15-13-28(14-16-29)17-21-31-22-19-30(25-34(31)39)20-24-33-10-6-8-12-36(33)43-38(41)27(3)4/h5-16,19,22,25H,1,3H2,2,4H3. The van der Waals surface area contributed by atoms with E-state index in [1.807, 2.05) is 6.07 Å². The Balaban J connectivity index is 1.46. The van der Waals surface area contributed by atoms with Crippen LogP contribution >= 0.6 is 0 Å². The Morgan fingerprint density at radius 3 is 1.40 bits per heavy atom. The van der Waals surface area contributed by atoms with Crippen LogP contribution in [-0.2, 0) is 9.59 Å². The molecule has 43 heavy (non-hydrogen) atoms. The number of halogens is 1. The molecule has 4 aromatic rings. The monoisotopic (exact) mass is 564 g/mol. The molecule has 4 nitrogen and oxygen atoms in total. The predicted octanol–water partition coefficient (Wildman–Crippen LogP) is 6.99. The van der Waals surface area contributed by atoms with Crippen molar-refractivity contribution >= 4 is 11.9 Å². The van der Waals surface area contributed by atoms with Gasteiger partial charge in [0.25, 0.3) is 0 Å². The van der Waals surface area contributed by atoms with Crippen LogP contribution < -0.4 is 9.47 Å². The maximum absolute atomic E-state index is 14.8. The maximum Gasteiger partial charge on any atom is 0.338 e. The highest BCUT2D eigenvalue weighted by Crippen LogP contribution is 2.19. The highest BCUT2D eigenvalue weighted by atomic mass is 19.1. The molecule has 0 bridgehead atoms. The topological polar surface area (TPSA) is 52.6 Å². The second-order valence-electron chi connectivity index (χ2n) is 9.35. The van der Waals surface area contributed by atoms with Gasteiger partial charge < -0.3 is 9.47 Å². The van der Waals surface area contributed by atoms with Crippen molar-refractivity contribution in [3.8, 4) is 47.0 Å². The Labute approximate surface area is 250 Å². The molecule has 0 radical (unpaired) electrons. The van der Waals surface area contributed by atoms with Crippen molar-refractivity contribution < 1.29 is 23.5 Å². The summed E-state index contributed by atoms with van der Waals surface area (Å²) in [5, 5.41) is 0. The molecule has 4 aromatic carbocycles. The van der Waals surface area contributed by atoms with Crippen LogP contribution in [0.2, 0.25) is 0 Å². The van der Waals surface area contributed by atoms with Gasteiger partial charge in [-0.3, -0.25) is 0 Å². The number of esters is 2. The highest BCUT2D eigenvalue weighted by Gasteiger charge is 2.09. The Bertz CT molecular complexity index is 1930. The molecule has 0 aliphatic carbocycles. The first-order chi connectivity index (χ1) is 20.7. The Morgan fingerprint density at radius 2 is 0.953 bits per heavy atom. The molecular weight excluding hydrogens is 539 g/mol. The van der Waals surface area contributed by atoms with Crippen LogP contribution in [0, 0.1) is 41.3 Å². The zero-order valence-electron chi connectivity index (χ0n) is 23.6. The zero-order chi connectivity index (χ0) is 30.8. The van der Waals surface area contributed by atoms with Crippen molar-refractivity contribution in [1.29, 1.82) is 0 Å². The zero-order valence-corrected chi connectivity index (χ0v) is 23.6. The molecule has 0 saturated carbocycles. The summed E-state index contributed by atoms with van der Waals surface area (Å²) < 4.78 is 25.5. The van der Waals surface area contributed by atoms with Gasteiger partial charge in [0.2, 0.25) is 0 Å². The lowest BCUT2D eigenvalue weighted by Crippen LogP contribution is -2.09. The average molecular weight is 565 g/mol. The fraction of sp³-hybridized carbons (Fsp3) is 0.0526. The Kier molecular flexibility index (Phi) is 9.73. The van der Waals surface area contributed by atoms with E-state index in [1.165, 1.54) is 6.07 Å². The molecule has 0 spiro atoms. The van der Waals surface area contributed by atoms with Gasteiger partial charge >= 0.3 is 11.9 Å². The lowest BCUT2D eigenvalue weighted by atomic mass is 10.1. The van der Waals surface area contributed by atoms with Crippen LogP contribution in [0.4, 0.5) is 4.39 Å². The first-order valence-electron chi connectivity index (χ1n) is 13.1. The molecule has 5 heteroatoms. The van der Waals surface area contributed by atoms with E-state index in [0.29, 0.717) is 39.3 Å². The molecule has 4 rings (SSSR count). The third kappa shape index (κ3) is 8.45. The van der Waals surface area contributed by atoms with E-state index in [4.69, 9.17) is 9.47 Å². The molecule has 0 aromatic heterocycles. The number of carbonyl (C=O) groups excluding carboxylic acids is 2. The van der Waals surface area contributed by atoms with Gasteiger partial charge in [-0.05, 0) is 80.6 Å². The molecule has 0 aliphatic heterocycles. The van der Waals surface area contributed by atoms with Gasteiger partial charge in [-0.15, -0.1) is 0 Å². The van der Waals surface area contributed by atoms with Crippen molar-refractivity contribution in [3.05, 3.63) is 154 Å². The summed E-state index contributed by atoms with van der Waals surface area (Å²) in [5.41, 5.74) is 3.72. The molecule has 0 amide bonds. The van der Waals surface area contributed by atoms with Crippen LogP contribution in [0.15, 0.2) is 115 Å². The lowest BCUT2D eigenvalue weighted by molar-refractivity contribution is -0.130. The average Bonchev–Trinajstić information content (AvgIpc) is 3.00. The fourth-order valence-corrected chi connectivity index (χ4v) is 3.44. The van der Waals surface area contributed by atoms with Crippen molar-refractivity contribution in [2.45, 2.75) is 13.8 Å². The summed E-state index contributed by atoms with van der Waals surface area (Å²) in [4.78, 5) is 23.8. The number of hydrogen-bond acceptors (Lipinski definition) is 4. The minimum absolute atomic E-state index is 0.228. The van der Waals surface area contributed by atoms with E-state index in [1.54, 1.807) is 92.7 Å². The summed E-state index contributed by atoms with van der Waals surface area (Å²) in [6, 6.07) is 25.6. The number of ether oxygens (including phenoxy) is 2. The van der Waals surface area contributed by atoms with Gasteiger partial charge in [0, 0.05) is 27.8 Å². The van der Waals surface area contributed by atoms with E-state index in [2.05, 4.69) is 48.7 Å². The quantitative estimate of drug-likeness (QED) is 0.116. The van der Waals surface area contributed by atoms with E-state index >= 15 is 0 Å². The number of para-hydroxylation sites is 2. The molecule has 0 atom stereocenters. The summed E-state index contributed by atoms with van der Waals surface area (Å²) in [6.07, 6.45) is 0. The van der Waals surface area contributed by atoms with E-state index in [0.717, 1.165) is 5.56 Å².